The van der Waals surface area contributed by atoms with Crippen LogP contribution in [0.3, 0.4) is 0 Å². The van der Waals surface area contributed by atoms with Crippen molar-refractivity contribution in [3.05, 3.63) is 52.5 Å². The number of amides is 1. The molecule has 0 saturated carbocycles. The fourth-order valence-electron chi connectivity index (χ4n) is 2.79. The highest BCUT2D eigenvalue weighted by atomic mass is 79.9. The summed E-state index contributed by atoms with van der Waals surface area (Å²) in [5, 5.41) is 5.99. The average molecular weight is 507 g/mol. The minimum Gasteiger partial charge on any atom is -0.493 e. The SMILES string of the molecule is CCCCCCOc1ccc(Br)cc1C(=O)NC(=S)Nc1ccccc1OCC(C)C. The summed E-state index contributed by atoms with van der Waals surface area (Å²) >= 11 is 8.79. The van der Waals surface area contributed by atoms with E-state index < -0.39 is 0 Å². The van der Waals surface area contributed by atoms with Crippen molar-refractivity contribution in [2.24, 2.45) is 5.92 Å². The molecule has 2 aromatic rings. The van der Waals surface area contributed by atoms with Crippen LogP contribution in [0.5, 0.6) is 11.5 Å². The number of rotatable bonds is 11. The molecule has 2 rings (SSSR count). The Labute approximate surface area is 199 Å². The zero-order valence-electron chi connectivity index (χ0n) is 18.4. The maximum absolute atomic E-state index is 12.9. The maximum atomic E-state index is 12.9. The van der Waals surface area contributed by atoms with Gasteiger partial charge in [0.25, 0.3) is 5.91 Å². The fraction of sp³-hybridized carbons (Fsp3) is 0.417. The molecule has 168 valence electrons. The summed E-state index contributed by atoms with van der Waals surface area (Å²) in [6.45, 7) is 7.51. The predicted octanol–water partition coefficient (Wildman–Crippen LogP) is 6.57. The summed E-state index contributed by atoms with van der Waals surface area (Å²) in [6.07, 6.45) is 4.42. The lowest BCUT2D eigenvalue weighted by Crippen LogP contribution is -2.34. The van der Waals surface area contributed by atoms with Crippen LogP contribution in [0.1, 0.15) is 56.8 Å². The first-order valence-electron chi connectivity index (χ1n) is 10.7. The van der Waals surface area contributed by atoms with Gasteiger partial charge in [0, 0.05) is 4.47 Å². The number of para-hydroxylation sites is 2. The van der Waals surface area contributed by atoms with Crippen molar-refractivity contribution < 1.29 is 14.3 Å². The molecule has 0 spiro atoms. The molecule has 0 aliphatic rings. The Balaban J connectivity index is 2.01. The van der Waals surface area contributed by atoms with E-state index in [1.807, 2.05) is 30.3 Å². The Hall–Kier alpha value is -2.12. The lowest BCUT2D eigenvalue weighted by atomic mass is 10.2. The molecule has 0 aliphatic carbocycles. The number of hydrogen-bond donors (Lipinski definition) is 2. The number of ether oxygens (including phenoxy) is 2. The van der Waals surface area contributed by atoms with Crippen molar-refractivity contribution in [1.29, 1.82) is 0 Å². The fourth-order valence-corrected chi connectivity index (χ4v) is 3.36. The van der Waals surface area contributed by atoms with E-state index in [1.54, 1.807) is 12.1 Å². The predicted molar refractivity (Wildman–Crippen MR) is 134 cm³/mol. The van der Waals surface area contributed by atoms with Gasteiger partial charge in [-0.25, -0.2) is 0 Å². The second kappa shape index (κ2) is 13.3. The van der Waals surface area contributed by atoms with Crippen LogP contribution in [-0.2, 0) is 0 Å². The highest BCUT2D eigenvalue weighted by Crippen LogP contribution is 2.25. The Morgan fingerprint density at radius 1 is 1.06 bits per heavy atom. The number of carbonyl (C=O) groups is 1. The molecule has 0 atom stereocenters. The number of hydrogen-bond acceptors (Lipinski definition) is 4. The molecule has 0 aromatic heterocycles. The summed E-state index contributed by atoms with van der Waals surface area (Å²) in [4.78, 5) is 12.9. The smallest absolute Gasteiger partial charge is 0.261 e. The molecule has 0 bridgehead atoms. The van der Waals surface area contributed by atoms with Crippen LogP contribution >= 0.6 is 28.1 Å². The number of benzene rings is 2. The molecule has 7 heteroatoms. The van der Waals surface area contributed by atoms with E-state index in [9.17, 15) is 4.79 Å². The molecule has 0 fully saturated rings. The summed E-state index contributed by atoms with van der Waals surface area (Å²) < 4.78 is 12.5. The first-order valence-corrected chi connectivity index (χ1v) is 11.9. The minimum atomic E-state index is -0.331. The highest BCUT2D eigenvalue weighted by molar-refractivity contribution is 9.10. The molecule has 0 radical (unpaired) electrons. The first-order chi connectivity index (χ1) is 14.9. The zero-order valence-corrected chi connectivity index (χ0v) is 20.8. The normalized spacial score (nSPS) is 10.6. The lowest BCUT2D eigenvalue weighted by Gasteiger charge is -2.16. The van der Waals surface area contributed by atoms with Crippen molar-refractivity contribution in [1.82, 2.24) is 5.32 Å². The number of nitrogens with one attached hydrogen (secondary N) is 2. The first kappa shape index (κ1) is 25.1. The van der Waals surface area contributed by atoms with Gasteiger partial charge in [0.15, 0.2) is 5.11 Å². The van der Waals surface area contributed by atoms with Crippen molar-refractivity contribution in [2.45, 2.75) is 46.5 Å². The molecule has 31 heavy (non-hydrogen) atoms. The molecule has 0 saturated heterocycles. The van der Waals surface area contributed by atoms with E-state index in [4.69, 9.17) is 21.7 Å². The van der Waals surface area contributed by atoms with Gasteiger partial charge in [0.1, 0.15) is 11.5 Å². The third-order valence-electron chi connectivity index (χ3n) is 4.38. The molecule has 5 nitrogen and oxygen atoms in total. The molecule has 1 amide bonds. The van der Waals surface area contributed by atoms with Crippen LogP contribution in [0.4, 0.5) is 5.69 Å². The summed E-state index contributed by atoms with van der Waals surface area (Å²) in [6, 6.07) is 12.9. The van der Waals surface area contributed by atoms with E-state index in [2.05, 4.69) is 47.3 Å². The van der Waals surface area contributed by atoms with Crippen LogP contribution in [0.2, 0.25) is 0 Å². The van der Waals surface area contributed by atoms with Gasteiger partial charge in [-0.15, -0.1) is 0 Å². The van der Waals surface area contributed by atoms with E-state index in [1.165, 1.54) is 12.8 Å². The quantitative estimate of drug-likeness (QED) is 0.266. The van der Waals surface area contributed by atoms with Crippen molar-refractivity contribution in [3.63, 3.8) is 0 Å². The molecular formula is C24H31BrN2O3S. The van der Waals surface area contributed by atoms with E-state index in [0.717, 1.165) is 17.3 Å². The van der Waals surface area contributed by atoms with E-state index in [-0.39, 0.29) is 11.0 Å². The standard InChI is InChI=1S/C24H31BrN2O3S/c1-4-5-6-9-14-29-21-13-12-18(25)15-19(21)23(28)27-24(31)26-20-10-7-8-11-22(20)30-16-17(2)3/h7-8,10-13,15,17H,4-6,9,14,16H2,1-3H3,(H2,26,27,28,31). The third-order valence-corrected chi connectivity index (χ3v) is 5.07. The lowest BCUT2D eigenvalue weighted by molar-refractivity contribution is 0.0973. The van der Waals surface area contributed by atoms with Crippen LogP contribution in [0, 0.1) is 5.92 Å². The van der Waals surface area contributed by atoms with Gasteiger partial charge in [0.2, 0.25) is 0 Å². The summed E-state index contributed by atoms with van der Waals surface area (Å²) in [5.74, 6) is 1.30. The molecular weight excluding hydrogens is 476 g/mol. The Kier molecular flexibility index (Phi) is 10.8. The van der Waals surface area contributed by atoms with Gasteiger partial charge in [0.05, 0.1) is 24.5 Å². The second-order valence-corrected chi connectivity index (χ2v) is 8.98. The molecule has 0 heterocycles. The number of thiocarbonyl (C=S) groups is 1. The van der Waals surface area contributed by atoms with Crippen molar-refractivity contribution in [2.75, 3.05) is 18.5 Å². The molecule has 0 aliphatic heterocycles. The molecule has 0 unspecified atom stereocenters. The number of carbonyl (C=O) groups excluding carboxylic acids is 1. The van der Waals surface area contributed by atoms with Crippen LogP contribution in [0.15, 0.2) is 46.9 Å². The van der Waals surface area contributed by atoms with E-state index in [0.29, 0.717) is 41.9 Å². The zero-order chi connectivity index (χ0) is 22.6. The third kappa shape index (κ3) is 8.87. The van der Waals surface area contributed by atoms with Gasteiger partial charge in [-0.05, 0) is 54.9 Å². The van der Waals surface area contributed by atoms with Crippen molar-refractivity contribution >= 4 is 44.9 Å². The molecule has 2 aromatic carbocycles. The van der Waals surface area contributed by atoms with Gasteiger partial charge >= 0.3 is 0 Å². The molecule has 2 N–H and O–H groups in total. The van der Waals surface area contributed by atoms with E-state index >= 15 is 0 Å². The van der Waals surface area contributed by atoms with Gasteiger partial charge in [-0.3, -0.25) is 10.1 Å². The van der Waals surface area contributed by atoms with Crippen LogP contribution in [-0.4, -0.2) is 24.2 Å². The number of halogens is 1. The minimum absolute atomic E-state index is 0.194. The number of unbranched alkanes of at least 4 members (excludes halogenated alkanes) is 3. The van der Waals surface area contributed by atoms with Gasteiger partial charge in [-0.2, -0.15) is 0 Å². The summed E-state index contributed by atoms with van der Waals surface area (Å²) in [7, 11) is 0. The average Bonchev–Trinajstić information content (AvgIpc) is 2.73. The van der Waals surface area contributed by atoms with Crippen LogP contribution in [0.25, 0.3) is 0 Å². The van der Waals surface area contributed by atoms with Gasteiger partial charge in [-0.1, -0.05) is 68.1 Å². The Morgan fingerprint density at radius 2 is 1.84 bits per heavy atom. The Bertz CT molecular complexity index is 874. The topological polar surface area (TPSA) is 59.6 Å². The maximum Gasteiger partial charge on any atom is 0.261 e. The monoisotopic (exact) mass is 506 g/mol. The Morgan fingerprint density at radius 3 is 2.58 bits per heavy atom. The van der Waals surface area contributed by atoms with Crippen molar-refractivity contribution in [3.8, 4) is 11.5 Å². The largest absolute Gasteiger partial charge is 0.493 e. The van der Waals surface area contributed by atoms with Gasteiger partial charge < -0.3 is 14.8 Å². The second-order valence-electron chi connectivity index (χ2n) is 7.66. The highest BCUT2D eigenvalue weighted by Gasteiger charge is 2.16. The summed E-state index contributed by atoms with van der Waals surface area (Å²) in [5.41, 5.74) is 1.13. The van der Waals surface area contributed by atoms with Crippen LogP contribution < -0.4 is 20.1 Å². The number of anilines is 1.